The van der Waals surface area contributed by atoms with Crippen molar-refractivity contribution in [3.8, 4) is 0 Å². The Kier molecular flexibility index (Phi) is 5.95. The number of amides is 1. The first-order valence-corrected chi connectivity index (χ1v) is 14.8. The number of esters is 1. The number of fused-ring (bicyclic) bond motifs is 7. The van der Waals surface area contributed by atoms with Gasteiger partial charge in [0.15, 0.2) is 5.78 Å². The lowest BCUT2D eigenvalue weighted by atomic mass is 9.33. The first-order chi connectivity index (χ1) is 17.1. The van der Waals surface area contributed by atoms with Crippen LogP contribution in [0.1, 0.15) is 107 Å². The van der Waals surface area contributed by atoms with Gasteiger partial charge in [0.25, 0.3) is 0 Å². The molecule has 0 saturated heterocycles. The highest BCUT2D eigenvalue weighted by Gasteiger charge is 2.71. The summed E-state index contributed by atoms with van der Waals surface area (Å²) in [7, 11) is 0. The number of ether oxygens (including phenoxy) is 1. The Balaban J connectivity index is 1.62. The first-order valence-electron chi connectivity index (χ1n) is 14.8. The van der Waals surface area contributed by atoms with Gasteiger partial charge in [-0.1, -0.05) is 47.1 Å². The molecule has 0 aromatic carbocycles. The fourth-order valence-corrected chi connectivity index (χ4v) is 11.1. The van der Waals surface area contributed by atoms with E-state index in [1.165, 1.54) is 31.8 Å². The summed E-state index contributed by atoms with van der Waals surface area (Å²) in [4.78, 5) is 39.4. The quantitative estimate of drug-likeness (QED) is 0.445. The van der Waals surface area contributed by atoms with Crippen molar-refractivity contribution in [2.45, 2.75) is 113 Å². The summed E-state index contributed by atoms with van der Waals surface area (Å²) in [5.74, 6) is 0.903. The second-order valence-electron chi connectivity index (χ2n) is 15.1. The van der Waals surface area contributed by atoms with E-state index < -0.39 is 17.4 Å². The largest absolute Gasteiger partial charge is 0.461 e. The van der Waals surface area contributed by atoms with Gasteiger partial charge in [0.2, 0.25) is 5.91 Å². The molecule has 0 aromatic heterocycles. The SMILES string of the molecule is CC(=O)O[C@@H]1CC[C@@]2(C)[C@@H](CC[C@]3(C)[C@@H]2C(=O)C=C2[C@@H]4[C@@H](C)[C@H](C)CC[C@]4(C)CC[C@]23C)[C@@]1(C)C(N)=O. The van der Waals surface area contributed by atoms with Crippen molar-refractivity contribution in [2.24, 2.45) is 62.4 Å². The Morgan fingerprint density at radius 2 is 1.62 bits per heavy atom. The van der Waals surface area contributed by atoms with Gasteiger partial charge < -0.3 is 10.5 Å². The molecule has 0 unspecified atom stereocenters. The Hall–Kier alpha value is -1.65. The van der Waals surface area contributed by atoms with E-state index in [9.17, 15) is 14.4 Å². The van der Waals surface area contributed by atoms with E-state index in [-0.39, 0.29) is 45.2 Å². The van der Waals surface area contributed by atoms with Gasteiger partial charge in [-0.15, -0.1) is 0 Å². The molecule has 11 atom stereocenters. The third kappa shape index (κ3) is 3.30. The molecule has 4 fully saturated rings. The fourth-order valence-electron chi connectivity index (χ4n) is 11.1. The maximum absolute atomic E-state index is 14.4. The Morgan fingerprint density at radius 3 is 2.24 bits per heavy atom. The van der Waals surface area contributed by atoms with E-state index in [4.69, 9.17) is 10.5 Å². The third-order valence-electron chi connectivity index (χ3n) is 13.6. The predicted octanol–water partition coefficient (Wildman–Crippen LogP) is 6.24. The molecule has 0 spiro atoms. The first kappa shape index (κ1) is 26.9. The van der Waals surface area contributed by atoms with Crippen LogP contribution in [0.25, 0.3) is 0 Å². The lowest BCUT2D eigenvalue weighted by molar-refractivity contribution is -0.213. The molecule has 5 rings (SSSR count). The Labute approximate surface area is 223 Å². The lowest BCUT2D eigenvalue weighted by Gasteiger charge is -2.70. The second-order valence-corrected chi connectivity index (χ2v) is 15.1. The molecule has 0 heterocycles. The summed E-state index contributed by atoms with van der Waals surface area (Å²) in [6.45, 7) is 17.7. The van der Waals surface area contributed by atoms with Gasteiger partial charge >= 0.3 is 5.97 Å². The van der Waals surface area contributed by atoms with Crippen LogP contribution in [0.2, 0.25) is 0 Å². The van der Waals surface area contributed by atoms with Gasteiger partial charge in [0.05, 0.1) is 5.41 Å². The number of nitrogens with two attached hydrogens (primary N) is 1. The van der Waals surface area contributed by atoms with Crippen LogP contribution in [-0.4, -0.2) is 23.8 Å². The lowest BCUT2D eigenvalue weighted by Crippen LogP contribution is -2.69. The normalized spacial score (nSPS) is 53.1. The number of ketones is 1. The Bertz CT molecular complexity index is 1070. The zero-order valence-electron chi connectivity index (χ0n) is 24.4. The van der Waals surface area contributed by atoms with Gasteiger partial charge in [0, 0.05) is 12.8 Å². The van der Waals surface area contributed by atoms with E-state index in [1.807, 2.05) is 6.92 Å². The molecular weight excluding hydrogens is 462 g/mol. The molecule has 1 amide bonds. The highest BCUT2D eigenvalue weighted by atomic mass is 16.5. The number of allylic oxidation sites excluding steroid dienone is 2. The number of carbonyl (C=O) groups excluding carboxylic acids is 3. The standard InChI is InChI=1S/C32H49NO4/c1-18-9-12-28(4)15-16-30(6)21(25(28)19(18)2)17-22(35)26-29(5)13-11-24(37-20(3)34)32(8,27(33)36)23(29)10-14-31(26,30)7/h17-19,23-26H,9-16H2,1-8H3,(H2,33,36)/t18-,19+,23-,24-,25+,26-,28-,29+,30-,31-,32-/m1/s1. The van der Waals surface area contributed by atoms with E-state index in [0.29, 0.717) is 24.2 Å². The van der Waals surface area contributed by atoms with Crippen molar-refractivity contribution in [2.75, 3.05) is 0 Å². The van der Waals surface area contributed by atoms with Crippen molar-refractivity contribution < 1.29 is 19.1 Å². The maximum atomic E-state index is 14.4. The van der Waals surface area contributed by atoms with Crippen molar-refractivity contribution in [1.82, 2.24) is 0 Å². The van der Waals surface area contributed by atoms with Crippen LogP contribution in [0.5, 0.6) is 0 Å². The molecule has 0 aromatic rings. The minimum absolute atomic E-state index is 0.0368. The molecule has 5 aliphatic rings. The molecule has 5 heteroatoms. The average molecular weight is 512 g/mol. The molecule has 0 radical (unpaired) electrons. The van der Waals surface area contributed by atoms with Crippen LogP contribution in [0, 0.1) is 56.7 Å². The smallest absolute Gasteiger partial charge is 0.302 e. The van der Waals surface area contributed by atoms with Crippen molar-refractivity contribution in [3.63, 3.8) is 0 Å². The number of hydrogen-bond acceptors (Lipinski definition) is 4. The summed E-state index contributed by atoms with van der Waals surface area (Å²) in [5.41, 5.74) is 6.23. The van der Waals surface area contributed by atoms with Crippen LogP contribution < -0.4 is 5.73 Å². The predicted molar refractivity (Wildman–Crippen MR) is 144 cm³/mol. The molecule has 2 N–H and O–H groups in total. The fraction of sp³-hybridized carbons (Fsp3) is 0.844. The zero-order chi connectivity index (χ0) is 27.3. The number of rotatable bonds is 2. The van der Waals surface area contributed by atoms with E-state index >= 15 is 0 Å². The van der Waals surface area contributed by atoms with Crippen LogP contribution in [-0.2, 0) is 19.1 Å². The average Bonchev–Trinajstić information content (AvgIpc) is 2.79. The molecule has 5 nitrogen and oxygen atoms in total. The Morgan fingerprint density at radius 1 is 0.946 bits per heavy atom. The van der Waals surface area contributed by atoms with E-state index in [1.54, 1.807) is 0 Å². The van der Waals surface area contributed by atoms with Crippen LogP contribution >= 0.6 is 0 Å². The summed E-state index contributed by atoms with van der Waals surface area (Å²) in [6.07, 6.45) is 9.46. The number of carbonyl (C=O) groups is 3. The van der Waals surface area contributed by atoms with Crippen LogP contribution in [0.15, 0.2) is 11.6 Å². The van der Waals surface area contributed by atoms with E-state index in [0.717, 1.165) is 25.7 Å². The van der Waals surface area contributed by atoms with Gasteiger partial charge in [0.1, 0.15) is 6.10 Å². The van der Waals surface area contributed by atoms with Gasteiger partial charge in [-0.05, 0) is 110 Å². The highest BCUT2D eigenvalue weighted by Crippen LogP contribution is 2.75. The maximum Gasteiger partial charge on any atom is 0.302 e. The summed E-state index contributed by atoms with van der Waals surface area (Å²) in [5, 5.41) is 0. The summed E-state index contributed by atoms with van der Waals surface area (Å²) >= 11 is 0. The van der Waals surface area contributed by atoms with Crippen molar-refractivity contribution in [3.05, 3.63) is 11.6 Å². The van der Waals surface area contributed by atoms with Crippen molar-refractivity contribution >= 4 is 17.7 Å². The monoisotopic (exact) mass is 511 g/mol. The zero-order valence-corrected chi connectivity index (χ0v) is 24.4. The van der Waals surface area contributed by atoms with Gasteiger partial charge in [-0.3, -0.25) is 14.4 Å². The van der Waals surface area contributed by atoms with Crippen LogP contribution in [0.4, 0.5) is 0 Å². The van der Waals surface area contributed by atoms with Crippen LogP contribution in [0.3, 0.4) is 0 Å². The molecule has 5 aliphatic carbocycles. The van der Waals surface area contributed by atoms with Crippen molar-refractivity contribution in [1.29, 1.82) is 0 Å². The summed E-state index contributed by atoms with van der Waals surface area (Å²) < 4.78 is 5.71. The third-order valence-corrected chi connectivity index (χ3v) is 13.6. The number of hydrogen-bond donors (Lipinski definition) is 1. The molecular formula is C32H49NO4. The summed E-state index contributed by atoms with van der Waals surface area (Å²) in [6, 6.07) is 0. The van der Waals surface area contributed by atoms with Gasteiger partial charge in [-0.25, -0.2) is 0 Å². The number of primary amides is 1. The highest BCUT2D eigenvalue weighted by molar-refractivity contribution is 5.96. The minimum atomic E-state index is -0.983. The van der Waals surface area contributed by atoms with E-state index in [2.05, 4.69) is 47.6 Å². The minimum Gasteiger partial charge on any atom is -0.461 e. The second kappa shape index (κ2) is 8.18. The topological polar surface area (TPSA) is 86.5 Å². The van der Waals surface area contributed by atoms with Gasteiger partial charge in [-0.2, -0.15) is 0 Å². The molecule has 4 saturated carbocycles. The molecule has 37 heavy (non-hydrogen) atoms. The molecule has 0 bridgehead atoms. The molecule has 206 valence electrons. The molecule has 0 aliphatic heterocycles.